The maximum atomic E-state index is 12.7. The monoisotopic (exact) mass is 367 g/mol. The number of hydrogen-bond acceptors (Lipinski definition) is 4. The van der Waals surface area contributed by atoms with E-state index in [0.29, 0.717) is 28.8 Å². The van der Waals surface area contributed by atoms with Crippen molar-refractivity contribution in [3.8, 4) is 11.4 Å². The first kappa shape index (κ1) is 17.9. The Bertz CT molecular complexity index is 919. The van der Waals surface area contributed by atoms with Crippen LogP contribution in [0.5, 0.6) is 0 Å². The number of nitrogens with zero attached hydrogens (tertiary/aromatic N) is 3. The van der Waals surface area contributed by atoms with Gasteiger partial charge >= 0.3 is 0 Å². The molecule has 0 bridgehead atoms. The molecule has 132 valence electrons. The molecule has 0 atom stereocenters. The largest absolute Gasteiger partial charge is 0.337 e. The Morgan fingerprint density at radius 2 is 2.04 bits per heavy atom. The van der Waals surface area contributed by atoms with Crippen molar-refractivity contribution < 1.29 is 9.32 Å². The average Bonchev–Trinajstić information content (AvgIpc) is 3.10. The lowest BCUT2D eigenvalue weighted by molar-refractivity contribution is 0.0745. The van der Waals surface area contributed by atoms with Crippen molar-refractivity contribution in [3.63, 3.8) is 0 Å². The number of halogens is 1. The molecule has 0 radical (unpaired) electrons. The molecule has 0 saturated heterocycles. The van der Waals surface area contributed by atoms with E-state index in [4.69, 9.17) is 16.1 Å². The normalized spacial score (nSPS) is 10.5. The van der Waals surface area contributed by atoms with Gasteiger partial charge in [-0.15, -0.1) is 6.58 Å². The van der Waals surface area contributed by atoms with Gasteiger partial charge in [0.25, 0.3) is 5.91 Å². The molecule has 0 aliphatic heterocycles. The molecule has 0 aliphatic carbocycles. The maximum absolute atomic E-state index is 12.7. The molecule has 2 aromatic carbocycles. The summed E-state index contributed by atoms with van der Waals surface area (Å²) in [7, 11) is 0. The van der Waals surface area contributed by atoms with E-state index in [1.54, 1.807) is 35.2 Å². The Balaban J connectivity index is 1.79. The lowest BCUT2D eigenvalue weighted by Crippen LogP contribution is -2.30. The van der Waals surface area contributed by atoms with Gasteiger partial charge in [-0.25, -0.2) is 0 Å². The molecule has 0 unspecified atom stereocenters. The standard InChI is InChI=1S/C20H18ClN3O2/c1-3-11-24(20(25)15-7-9-17(21)10-8-15)13-18-22-19(23-26-18)16-6-4-5-14(2)12-16/h3-10,12H,1,11,13H2,2H3. The Morgan fingerprint density at radius 3 is 2.73 bits per heavy atom. The first-order chi connectivity index (χ1) is 12.6. The van der Waals surface area contributed by atoms with Gasteiger partial charge in [-0.1, -0.05) is 46.6 Å². The zero-order chi connectivity index (χ0) is 18.5. The van der Waals surface area contributed by atoms with Crippen LogP contribution in [0.4, 0.5) is 0 Å². The van der Waals surface area contributed by atoms with Crippen LogP contribution in [-0.2, 0) is 6.54 Å². The summed E-state index contributed by atoms with van der Waals surface area (Å²) in [4.78, 5) is 18.7. The van der Waals surface area contributed by atoms with Crippen LogP contribution in [0.25, 0.3) is 11.4 Å². The van der Waals surface area contributed by atoms with E-state index in [1.165, 1.54) is 0 Å². The molecular formula is C20H18ClN3O2. The summed E-state index contributed by atoms with van der Waals surface area (Å²) < 4.78 is 5.33. The third-order valence-electron chi connectivity index (χ3n) is 3.80. The minimum Gasteiger partial charge on any atom is -0.337 e. The fraction of sp³-hybridized carbons (Fsp3) is 0.150. The molecule has 1 heterocycles. The highest BCUT2D eigenvalue weighted by atomic mass is 35.5. The summed E-state index contributed by atoms with van der Waals surface area (Å²) >= 11 is 5.88. The van der Waals surface area contributed by atoms with Crippen molar-refractivity contribution in [2.24, 2.45) is 0 Å². The van der Waals surface area contributed by atoms with Crippen LogP contribution in [-0.4, -0.2) is 27.5 Å². The fourth-order valence-electron chi connectivity index (χ4n) is 2.53. The van der Waals surface area contributed by atoms with E-state index in [-0.39, 0.29) is 12.5 Å². The summed E-state index contributed by atoms with van der Waals surface area (Å²) in [6.45, 7) is 6.28. The molecule has 3 aromatic rings. The molecule has 1 amide bonds. The highest BCUT2D eigenvalue weighted by Crippen LogP contribution is 2.18. The second-order valence-corrected chi connectivity index (χ2v) is 6.30. The molecular weight excluding hydrogens is 350 g/mol. The van der Waals surface area contributed by atoms with Crippen LogP contribution in [0.2, 0.25) is 5.02 Å². The lowest BCUT2D eigenvalue weighted by atomic mass is 10.1. The molecule has 1 aromatic heterocycles. The van der Waals surface area contributed by atoms with Crippen LogP contribution in [0.15, 0.2) is 65.7 Å². The number of amides is 1. The lowest BCUT2D eigenvalue weighted by Gasteiger charge is -2.19. The molecule has 5 nitrogen and oxygen atoms in total. The summed E-state index contributed by atoms with van der Waals surface area (Å²) in [5.41, 5.74) is 2.52. The van der Waals surface area contributed by atoms with Crippen molar-refractivity contribution in [1.29, 1.82) is 0 Å². The second kappa shape index (κ2) is 7.97. The number of carbonyl (C=O) groups is 1. The first-order valence-corrected chi connectivity index (χ1v) is 8.50. The van der Waals surface area contributed by atoms with Gasteiger partial charge in [0.2, 0.25) is 11.7 Å². The summed E-state index contributed by atoms with van der Waals surface area (Å²) in [5, 5.41) is 4.60. The molecule has 0 saturated carbocycles. The zero-order valence-electron chi connectivity index (χ0n) is 14.4. The molecule has 0 aliphatic rings. The van der Waals surface area contributed by atoms with Gasteiger partial charge in [-0.05, 0) is 37.3 Å². The van der Waals surface area contributed by atoms with Crippen molar-refractivity contribution in [2.45, 2.75) is 13.5 Å². The summed E-state index contributed by atoms with van der Waals surface area (Å²) in [6, 6.07) is 14.6. The molecule has 0 N–H and O–H groups in total. The fourth-order valence-corrected chi connectivity index (χ4v) is 2.66. The average molecular weight is 368 g/mol. The summed E-state index contributed by atoms with van der Waals surface area (Å²) in [5.74, 6) is 0.712. The molecule has 0 fully saturated rings. The van der Waals surface area contributed by atoms with E-state index in [9.17, 15) is 4.79 Å². The van der Waals surface area contributed by atoms with Gasteiger partial charge in [-0.2, -0.15) is 4.98 Å². The van der Waals surface area contributed by atoms with Crippen LogP contribution in [0.1, 0.15) is 21.8 Å². The van der Waals surface area contributed by atoms with Gasteiger partial charge in [0, 0.05) is 22.7 Å². The van der Waals surface area contributed by atoms with Gasteiger partial charge < -0.3 is 9.42 Å². The summed E-state index contributed by atoms with van der Waals surface area (Å²) in [6.07, 6.45) is 1.66. The molecule has 6 heteroatoms. The number of carbonyl (C=O) groups excluding carboxylic acids is 1. The highest BCUT2D eigenvalue weighted by molar-refractivity contribution is 6.30. The first-order valence-electron chi connectivity index (χ1n) is 8.12. The van der Waals surface area contributed by atoms with Gasteiger partial charge in [0.1, 0.15) is 6.54 Å². The predicted octanol–water partition coefficient (Wildman–Crippen LogP) is 4.53. The van der Waals surface area contributed by atoms with E-state index in [2.05, 4.69) is 16.7 Å². The second-order valence-electron chi connectivity index (χ2n) is 5.86. The quantitative estimate of drug-likeness (QED) is 0.601. The Kier molecular flexibility index (Phi) is 5.49. The topological polar surface area (TPSA) is 59.2 Å². The Hall–Kier alpha value is -2.92. The van der Waals surface area contributed by atoms with Crippen molar-refractivity contribution >= 4 is 17.5 Å². The SMILES string of the molecule is C=CCN(Cc1nc(-c2cccc(C)c2)no1)C(=O)c1ccc(Cl)cc1. The van der Waals surface area contributed by atoms with Crippen LogP contribution in [0.3, 0.4) is 0 Å². The predicted molar refractivity (Wildman–Crippen MR) is 101 cm³/mol. The van der Waals surface area contributed by atoms with Crippen LogP contribution < -0.4 is 0 Å². The van der Waals surface area contributed by atoms with Gasteiger partial charge in [0.15, 0.2) is 0 Å². The van der Waals surface area contributed by atoms with Crippen molar-refractivity contribution in [1.82, 2.24) is 15.0 Å². The van der Waals surface area contributed by atoms with Crippen molar-refractivity contribution in [2.75, 3.05) is 6.54 Å². The van der Waals surface area contributed by atoms with Crippen molar-refractivity contribution in [3.05, 3.63) is 83.2 Å². The third-order valence-corrected chi connectivity index (χ3v) is 4.05. The number of rotatable bonds is 6. The number of aryl methyl sites for hydroxylation is 1. The minimum atomic E-state index is -0.156. The maximum Gasteiger partial charge on any atom is 0.254 e. The van der Waals surface area contributed by atoms with Gasteiger partial charge in [0.05, 0.1) is 0 Å². The molecule has 26 heavy (non-hydrogen) atoms. The van der Waals surface area contributed by atoms with Gasteiger partial charge in [-0.3, -0.25) is 4.79 Å². The molecule has 0 spiro atoms. The Morgan fingerprint density at radius 1 is 1.27 bits per heavy atom. The zero-order valence-corrected chi connectivity index (χ0v) is 15.1. The number of benzene rings is 2. The van der Waals surface area contributed by atoms with E-state index >= 15 is 0 Å². The smallest absolute Gasteiger partial charge is 0.254 e. The highest BCUT2D eigenvalue weighted by Gasteiger charge is 2.18. The van der Waals surface area contributed by atoms with E-state index in [1.807, 2.05) is 31.2 Å². The third kappa shape index (κ3) is 4.18. The molecule has 3 rings (SSSR count). The van der Waals surface area contributed by atoms with Crippen LogP contribution in [0, 0.1) is 6.92 Å². The number of hydrogen-bond donors (Lipinski definition) is 0. The Labute approximate surface area is 156 Å². The van der Waals surface area contributed by atoms with E-state index in [0.717, 1.165) is 11.1 Å². The number of aromatic nitrogens is 2. The minimum absolute atomic E-state index is 0.156. The van der Waals surface area contributed by atoms with E-state index < -0.39 is 0 Å². The van der Waals surface area contributed by atoms with Crippen LogP contribution >= 0.6 is 11.6 Å².